The molecule has 1 aliphatic heterocycles. The lowest BCUT2D eigenvalue weighted by molar-refractivity contribution is -0.112. The van der Waals surface area contributed by atoms with E-state index < -0.39 is 18.0 Å². The van der Waals surface area contributed by atoms with Crippen molar-refractivity contribution in [3.63, 3.8) is 0 Å². The molecule has 0 spiro atoms. The summed E-state index contributed by atoms with van der Waals surface area (Å²) in [5.41, 5.74) is 1.16. The number of methoxy groups -OCH3 is 1. The van der Waals surface area contributed by atoms with Crippen LogP contribution in [0.2, 0.25) is 0 Å². The minimum atomic E-state index is -1.88. The molecule has 8 heteroatoms. The predicted molar refractivity (Wildman–Crippen MR) is 135 cm³/mol. The molecule has 5 nitrogen and oxygen atoms in total. The Labute approximate surface area is 210 Å². The molecule has 2 aliphatic carbocycles. The molecule has 4 rings (SSSR count). The van der Waals surface area contributed by atoms with Gasteiger partial charge in [-0.25, -0.2) is 13.6 Å². The molecule has 2 fully saturated rings. The van der Waals surface area contributed by atoms with Crippen molar-refractivity contribution < 1.29 is 27.8 Å². The molecule has 2 heterocycles. The van der Waals surface area contributed by atoms with E-state index in [4.69, 9.17) is 9.47 Å². The smallest absolute Gasteiger partial charge is 0.340 e. The Morgan fingerprint density at radius 1 is 1.23 bits per heavy atom. The Kier molecular flexibility index (Phi) is 10.5. The molecule has 3 aliphatic rings. The Morgan fingerprint density at radius 2 is 1.94 bits per heavy atom. The topological polar surface area (TPSA) is 64.6 Å². The summed E-state index contributed by atoms with van der Waals surface area (Å²) in [6, 6.07) is 1.93. The van der Waals surface area contributed by atoms with Gasteiger partial charge in [0, 0.05) is 30.1 Å². The van der Waals surface area contributed by atoms with E-state index in [0.29, 0.717) is 29.7 Å². The molecule has 0 aromatic carbocycles. The lowest BCUT2D eigenvalue weighted by atomic mass is 9.84. The summed E-state index contributed by atoms with van der Waals surface area (Å²) < 4.78 is 37.1. The third kappa shape index (κ3) is 8.01. The molecule has 1 saturated carbocycles. The van der Waals surface area contributed by atoms with E-state index >= 15 is 0 Å². The van der Waals surface area contributed by atoms with Crippen LogP contribution in [0.1, 0.15) is 67.1 Å². The normalized spacial score (nSPS) is 27.7. The summed E-state index contributed by atoms with van der Waals surface area (Å²) >= 11 is 1.39. The van der Waals surface area contributed by atoms with Gasteiger partial charge in [-0.05, 0) is 61.8 Å². The summed E-state index contributed by atoms with van der Waals surface area (Å²) in [6.07, 6.45) is 8.68. The van der Waals surface area contributed by atoms with Gasteiger partial charge in [-0.1, -0.05) is 31.6 Å². The van der Waals surface area contributed by atoms with Crippen LogP contribution >= 0.6 is 11.3 Å². The first kappa shape index (κ1) is 27.1. The van der Waals surface area contributed by atoms with Crippen LogP contribution < -0.4 is 5.32 Å². The lowest BCUT2D eigenvalue weighted by Gasteiger charge is -2.23. The molecule has 1 unspecified atom stereocenters. The van der Waals surface area contributed by atoms with Crippen LogP contribution in [-0.2, 0) is 14.3 Å². The van der Waals surface area contributed by atoms with Gasteiger partial charge >= 0.3 is 5.97 Å². The van der Waals surface area contributed by atoms with E-state index in [9.17, 15) is 18.4 Å². The summed E-state index contributed by atoms with van der Waals surface area (Å²) in [4.78, 5) is 23.2. The monoisotopic (exact) mass is 505 g/mol. The third-order valence-electron chi connectivity index (χ3n) is 6.48. The number of ether oxygens (including phenoxy) is 2. The van der Waals surface area contributed by atoms with Gasteiger partial charge in [0.15, 0.2) is 0 Å². The van der Waals surface area contributed by atoms with Gasteiger partial charge in [0.2, 0.25) is 6.17 Å². The number of hydrogen-bond acceptors (Lipinski definition) is 6. The van der Waals surface area contributed by atoms with Crippen molar-refractivity contribution in [1.82, 2.24) is 0 Å². The highest BCUT2D eigenvalue weighted by atomic mass is 32.1. The zero-order chi connectivity index (χ0) is 25.2. The zero-order valence-electron chi connectivity index (χ0n) is 20.3. The van der Waals surface area contributed by atoms with Gasteiger partial charge < -0.3 is 19.6 Å². The van der Waals surface area contributed by atoms with Gasteiger partial charge in [0.1, 0.15) is 17.1 Å². The number of thiophene rings is 1. The SMILES string of the molecule is CC1CCC(C=O)CC1.COC(=O)c1cc(/C2=C/C#CC(F)/C(F)=C\C2)sc1NC1CCOCC1. The summed E-state index contributed by atoms with van der Waals surface area (Å²) in [7, 11) is 1.33. The van der Waals surface area contributed by atoms with Crippen molar-refractivity contribution in [2.75, 3.05) is 25.6 Å². The second kappa shape index (κ2) is 13.6. The highest BCUT2D eigenvalue weighted by Crippen LogP contribution is 2.36. The van der Waals surface area contributed by atoms with E-state index in [1.54, 1.807) is 12.1 Å². The first-order valence-electron chi connectivity index (χ1n) is 12.1. The summed E-state index contributed by atoms with van der Waals surface area (Å²) in [6.45, 7) is 3.62. The summed E-state index contributed by atoms with van der Waals surface area (Å²) in [5.74, 6) is 4.69. The van der Waals surface area contributed by atoms with Crippen molar-refractivity contribution in [3.8, 4) is 11.8 Å². The number of allylic oxidation sites excluding steroid dienone is 4. The minimum absolute atomic E-state index is 0.207. The molecule has 1 aromatic heterocycles. The molecular formula is C27H33F2NO4S. The molecule has 1 atom stereocenters. The number of halogens is 2. The maximum Gasteiger partial charge on any atom is 0.340 e. The molecule has 0 bridgehead atoms. The number of rotatable bonds is 5. The first-order chi connectivity index (χ1) is 16.9. The number of hydrogen-bond donors (Lipinski definition) is 1. The number of alkyl halides is 1. The van der Waals surface area contributed by atoms with Crippen molar-refractivity contribution in [2.45, 2.75) is 64.1 Å². The van der Waals surface area contributed by atoms with E-state index in [-0.39, 0.29) is 12.5 Å². The molecule has 35 heavy (non-hydrogen) atoms. The average Bonchev–Trinajstić information content (AvgIpc) is 3.29. The number of esters is 1. The third-order valence-corrected chi connectivity index (χ3v) is 7.62. The standard InChI is InChI=1S/C19H19F2NO3S.C8H14O/c1-24-19(23)14-11-17(12-3-2-4-15(20)16(21)6-5-12)26-18(14)22-13-7-9-25-10-8-13;1-7-2-4-8(6-9)5-3-7/h3,6,11,13,15,22H,5,7-10H2,1H3;6-8H,2-5H2,1H3/b12-3+,16-6+;. The van der Waals surface area contributed by atoms with Crippen LogP contribution in [0.4, 0.5) is 13.8 Å². The minimum Gasteiger partial charge on any atom is -0.465 e. The fraction of sp³-hybridized carbons (Fsp3) is 0.556. The highest BCUT2D eigenvalue weighted by molar-refractivity contribution is 7.17. The van der Waals surface area contributed by atoms with Crippen LogP contribution in [0.3, 0.4) is 0 Å². The Hall–Kier alpha value is -2.50. The van der Waals surface area contributed by atoms with E-state index in [0.717, 1.165) is 48.3 Å². The van der Waals surface area contributed by atoms with E-state index in [2.05, 4.69) is 24.1 Å². The Balaban J connectivity index is 0.000000320. The molecule has 0 radical (unpaired) electrons. The number of carbonyl (C=O) groups excluding carboxylic acids is 2. The Morgan fingerprint density at radius 3 is 2.60 bits per heavy atom. The summed E-state index contributed by atoms with van der Waals surface area (Å²) in [5, 5.41) is 4.10. The number of carbonyl (C=O) groups is 2. The molecule has 1 N–H and O–H groups in total. The average molecular weight is 506 g/mol. The second-order valence-corrected chi connectivity index (χ2v) is 10.2. The maximum atomic E-state index is 13.5. The fourth-order valence-corrected chi connectivity index (χ4v) is 5.33. The van der Waals surface area contributed by atoms with Crippen LogP contribution in [0.5, 0.6) is 0 Å². The molecule has 0 amide bonds. The Bertz CT molecular complexity index is 993. The fourth-order valence-electron chi connectivity index (χ4n) is 4.18. The van der Waals surface area contributed by atoms with Crippen LogP contribution in [0.25, 0.3) is 5.57 Å². The number of aldehydes is 1. The van der Waals surface area contributed by atoms with Gasteiger partial charge in [-0.2, -0.15) is 0 Å². The van der Waals surface area contributed by atoms with Gasteiger partial charge in [0.25, 0.3) is 0 Å². The highest BCUT2D eigenvalue weighted by Gasteiger charge is 2.22. The first-order valence-corrected chi connectivity index (χ1v) is 12.9. The van der Waals surface area contributed by atoms with Gasteiger partial charge in [-0.3, -0.25) is 0 Å². The molecule has 190 valence electrons. The van der Waals surface area contributed by atoms with Crippen LogP contribution in [0.15, 0.2) is 24.0 Å². The van der Waals surface area contributed by atoms with E-state index in [1.165, 1.54) is 37.4 Å². The van der Waals surface area contributed by atoms with Crippen LogP contribution in [-0.4, -0.2) is 44.8 Å². The van der Waals surface area contributed by atoms with Crippen LogP contribution in [0, 0.1) is 23.7 Å². The lowest BCUT2D eigenvalue weighted by Crippen LogP contribution is -2.28. The van der Waals surface area contributed by atoms with Gasteiger partial charge in [-0.15, -0.1) is 11.3 Å². The molecular weight excluding hydrogens is 472 g/mol. The largest absolute Gasteiger partial charge is 0.465 e. The number of anilines is 1. The number of nitrogens with one attached hydrogen (secondary N) is 1. The zero-order valence-corrected chi connectivity index (χ0v) is 21.1. The second-order valence-electron chi connectivity index (χ2n) is 9.15. The predicted octanol–water partition coefficient (Wildman–Crippen LogP) is 6.12. The maximum absolute atomic E-state index is 13.5. The molecule has 1 saturated heterocycles. The van der Waals surface area contributed by atoms with Crippen molar-refractivity contribution in [1.29, 1.82) is 0 Å². The van der Waals surface area contributed by atoms with Crippen molar-refractivity contribution in [2.24, 2.45) is 11.8 Å². The quantitative estimate of drug-likeness (QED) is 0.297. The molecule has 1 aromatic rings. The van der Waals surface area contributed by atoms with Gasteiger partial charge in [0.05, 0.1) is 12.7 Å². The van der Waals surface area contributed by atoms with E-state index in [1.807, 2.05) is 0 Å². The van der Waals surface area contributed by atoms with Crippen molar-refractivity contribution in [3.05, 3.63) is 34.5 Å². The van der Waals surface area contributed by atoms with Crippen molar-refractivity contribution >= 4 is 34.2 Å².